The van der Waals surface area contributed by atoms with E-state index >= 15 is 0 Å². The number of para-hydroxylation sites is 1. The number of ether oxygens (including phenoxy) is 1. The van der Waals surface area contributed by atoms with Gasteiger partial charge in [-0.05, 0) is 37.9 Å². The van der Waals surface area contributed by atoms with Crippen molar-refractivity contribution in [2.24, 2.45) is 5.92 Å². The van der Waals surface area contributed by atoms with Crippen molar-refractivity contribution < 1.29 is 9.53 Å². The number of morpholine rings is 1. The summed E-state index contributed by atoms with van der Waals surface area (Å²) in [5.41, 5.74) is 2.14. The van der Waals surface area contributed by atoms with Crippen LogP contribution in [0.3, 0.4) is 0 Å². The lowest BCUT2D eigenvalue weighted by Gasteiger charge is -2.29. The molecule has 2 fully saturated rings. The highest BCUT2D eigenvalue weighted by Gasteiger charge is 2.25. The van der Waals surface area contributed by atoms with Gasteiger partial charge in [0.25, 0.3) is 0 Å². The van der Waals surface area contributed by atoms with Gasteiger partial charge in [0.15, 0.2) is 0 Å². The van der Waals surface area contributed by atoms with Gasteiger partial charge in [-0.15, -0.1) is 0 Å². The first-order valence-electron chi connectivity index (χ1n) is 8.64. The van der Waals surface area contributed by atoms with Gasteiger partial charge in [0, 0.05) is 37.3 Å². The lowest BCUT2D eigenvalue weighted by atomic mass is 9.92. The Hall–Kier alpha value is -1.43. The molecule has 0 aromatic heterocycles. The van der Waals surface area contributed by atoms with Crippen LogP contribution in [0.5, 0.6) is 0 Å². The topological polar surface area (TPSA) is 53.6 Å². The average Bonchev–Trinajstić information content (AvgIpc) is 2.57. The Morgan fingerprint density at radius 1 is 1.35 bits per heavy atom. The zero-order chi connectivity index (χ0) is 16.1. The molecule has 23 heavy (non-hydrogen) atoms. The molecule has 0 radical (unpaired) electrons. The van der Waals surface area contributed by atoms with E-state index in [2.05, 4.69) is 28.5 Å². The molecule has 2 aliphatic heterocycles. The number of hydrogen-bond acceptors (Lipinski definition) is 4. The number of carbonyl (C=O) groups excluding carboxylic acids is 1. The second-order valence-corrected chi connectivity index (χ2v) is 6.61. The molecule has 3 rings (SSSR count). The molecular weight excluding hydrogens is 290 g/mol. The first-order chi connectivity index (χ1) is 11.2. The van der Waals surface area contributed by atoms with Crippen molar-refractivity contribution >= 4 is 11.6 Å². The van der Waals surface area contributed by atoms with E-state index in [9.17, 15) is 4.79 Å². The quantitative estimate of drug-likeness (QED) is 0.890. The molecule has 2 atom stereocenters. The van der Waals surface area contributed by atoms with E-state index in [1.165, 1.54) is 5.56 Å². The molecule has 0 saturated carbocycles. The third-order valence-electron chi connectivity index (χ3n) is 4.77. The van der Waals surface area contributed by atoms with E-state index in [1.807, 2.05) is 18.2 Å². The number of nitrogens with one attached hydrogen (secondary N) is 2. The fraction of sp³-hybridized carbons (Fsp3) is 0.611. The zero-order valence-electron chi connectivity index (χ0n) is 13.9. The minimum Gasteiger partial charge on any atom is -0.379 e. The minimum absolute atomic E-state index is 0.114. The second kappa shape index (κ2) is 7.90. The Morgan fingerprint density at radius 2 is 2.13 bits per heavy atom. The lowest BCUT2D eigenvalue weighted by Crippen LogP contribution is -2.40. The van der Waals surface area contributed by atoms with Gasteiger partial charge in [-0.1, -0.05) is 18.2 Å². The van der Waals surface area contributed by atoms with Crippen molar-refractivity contribution in [2.45, 2.75) is 32.4 Å². The summed E-state index contributed by atoms with van der Waals surface area (Å²) >= 11 is 0. The first kappa shape index (κ1) is 16.4. The van der Waals surface area contributed by atoms with E-state index in [4.69, 9.17) is 4.74 Å². The van der Waals surface area contributed by atoms with Gasteiger partial charge >= 0.3 is 0 Å². The zero-order valence-corrected chi connectivity index (χ0v) is 13.9. The monoisotopic (exact) mass is 317 g/mol. The van der Waals surface area contributed by atoms with Crippen LogP contribution in [0.15, 0.2) is 24.3 Å². The van der Waals surface area contributed by atoms with Crippen molar-refractivity contribution in [3.8, 4) is 0 Å². The highest BCUT2D eigenvalue weighted by Crippen LogP contribution is 2.22. The maximum absolute atomic E-state index is 12.6. The van der Waals surface area contributed by atoms with Crippen LogP contribution in [0.4, 0.5) is 5.69 Å². The average molecular weight is 317 g/mol. The number of rotatable bonds is 4. The number of hydrogen-bond donors (Lipinski definition) is 2. The molecule has 5 nitrogen and oxygen atoms in total. The van der Waals surface area contributed by atoms with E-state index in [0.717, 1.165) is 57.9 Å². The summed E-state index contributed by atoms with van der Waals surface area (Å²) in [4.78, 5) is 15.0. The first-order valence-corrected chi connectivity index (χ1v) is 8.64. The predicted octanol–water partition coefficient (Wildman–Crippen LogP) is 1.85. The minimum atomic E-state index is 0.114. The van der Waals surface area contributed by atoms with Gasteiger partial charge in [0.2, 0.25) is 5.91 Å². The summed E-state index contributed by atoms with van der Waals surface area (Å²) in [5.74, 6) is 0.274. The van der Waals surface area contributed by atoms with Crippen molar-refractivity contribution in [1.82, 2.24) is 10.2 Å². The van der Waals surface area contributed by atoms with E-state index < -0.39 is 0 Å². The maximum Gasteiger partial charge on any atom is 0.227 e. The second-order valence-electron chi connectivity index (χ2n) is 6.61. The molecule has 1 aromatic carbocycles. The lowest BCUT2D eigenvalue weighted by molar-refractivity contribution is -0.120. The molecule has 2 N–H and O–H groups in total. The van der Waals surface area contributed by atoms with E-state index in [0.29, 0.717) is 6.04 Å². The van der Waals surface area contributed by atoms with Crippen LogP contribution in [-0.2, 0) is 16.1 Å². The molecule has 126 valence electrons. The molecule has 0 aliphatic carbocycles. The molecule has 2 saturated heterocycles. The van der Waals surface area contributed by atoms with Gasteiger partial charge < -0.3 is 15.4 Å². The van der Waals surface area contributed by atoms with Crippen LogP contribution in [0, 0.1) is 5.92 Å². The molecule has 2 aliphatic rings. The van der Waals surface area contributed by atoms with Gasteiger partial charge in [-0.3, -0.25) is 9.69 Å². The van der Waals surface area contributed by atoms with Crippen LogP contribution in [0.25, 0.3) is 0 Å². The highest BCUT2D eigenvalue weighted by molar-refractivity contribution is 5.93. The molecule has 0 unspecified atom stereocenters. The highest BCUT2D eigenvalue weighted by atomic mass is 16.5. The molecule has 5 heteroatoms. The Kier molecular flexibility index (Phi) is 5.65. The third kappa shape index (κ3) is 4.53. The van der Waals surface area contributed by atoms with Gasteiger partial charge in [0.1, 0.15) is 0 Å². The van der Waals surface area contributed by atoms with Crippen LogP contribution in [0.1, 0.15) is 25.3 Å². The van der Waals surface area contributed by atoms with Gasteiger partial charge in [-0.25, -0.2) is 0 Å². The summed E-state index contributed by atoms with van der Waals surface area (Å²) in [5, 5.41) is 6.56. The molecule has 0 spiro atoms. The van der Waals surface area contributed by atoms with Crippen LogP contribution < -0.4 is 10.6 Å². The third-order valence-corrected chi connectivity index (χ3v) is 4.77. The van der Waals surface area contributed by atoms with Crippen LogP contribution in [-0.4, -0.2) is 49.7 Å². The predicted molar refractivity (Wildman–Crippen MR) is 91.4 cm³/mol. The maximum atomic E-state index is 12.6. The summed E-state index contributed by atoms with van der Waals surface area (Å²) in [7, 11) is 0. The Labute approximate surface area is 138 Å². The molecule has 0 bridgehead atoms. The number of anilines is 1. The molecular formula is C18H27N3O2. The standard InChI is InChI=1S/C18H27N3O2/c1-14-12-15(6-7-19-14)18(22)20-17-5-3-2-4-16(17)13-21-8-10-23-11-9-21/h2-5,14-15,19H,6-13H2,1H3,(H,20,22)/t14-,15-/m0/s1. The Bertz CT molecular complexity index is 529. The summed E-state index contributed by atoms with van der Waals surface area (Å²) in [6.45, 7) is 7.42. The van der Waals surface area contributed by atoms with Gasteiger partial charge in [-0.2, -0.15) is 0 Å². The SMILES string of the molecule is C[C@H]1C[C@@H](C(=O)Nc2ccccc2CN2CCOCC2)CCN1. The summed E-state index contributed by atoms with van der Waals surface area (Å²) in [6.07, 6.45) is 1.83. The number of nitrogens with zero attached hydrogens (tertiary/aromatic N) is 1. The molecule has 1 aromatic rings. The van der Waals surface area contributed by atoms with Crippen molar-refractivity contribution in [1.29, 1.82) is 0 Å². The van der Waals surface area contributed by atoms with Crippen molar-refractivity contribution in [2.75, 3.05) is 38.2 Å². The number of benzene rings is 1. The fourth-order valence-electron chi connectivity index (χ4n) is 3.39. The summed E-state index contributed by atoms with van der Waals surface area (Å²) < 4.78 is 5.40. The number of piperidine rings is 1. The Balaban J connectivity index is 1.63. The van der Waals surface area contributed by atoms with Gasteiger partial charge in [0.05, 0.1) is 13.2 Å². The smallest absolute Gasteiger partial charge is 0.227 e. The van der Waals surface area contributed by atoms with Crippen LogP contribution >= 0.6 is 0 Å². The molecule has 2 heterocycles. The molecule has 1 amide bonds. The van der Waals surface area contributed by atoms with E-state index in [-0.39, 0.29) is 11.8 Å². The number of carbonyl (C=O) groups is 1. The summed E-state index contributed by atoms with van der Waals surface area (Å²) in [6, 6.07) is 8.57. The van der Waals surface area contributed by atoms with Crippen LogP contribution in [0.2, 0.25) is 0 Å². The Morgan fingerprint density at radius 3 is 2.91 bits per heavy atom. The largest absolute Gasteiger partial charge is 0.379 e. The van der Waals surface area contributed by atoms with E-state index in [1.54, 1.807) is 0 Å². The van der Waals surface area contributed by atoms with Crippen molar-refractivity contribution in [3.63, 3.8) is 0 Å². The van der Waals surface area contributed by atoms with Crippen molar-refractivity contribution in [3.05, 3.63) is 29.8 Å². The number of amides is 1. The fourth-order valence-corrected chi connectivity index (χ4v) is 3.39. The normalized spacial score (nSPS) is 26.0.